The number of carbonyl (C=O) groups is 1. The van der Waals surface area contributed by atoms with Crippen LogP contribution < -0.4 is 16.6 Å². The summed E-state index contributed by atoms with van der Waals surface area (Å²) in [6.45, 7) is 7.53. The molecule has 0 aliphatic rings. The Morgan fingerprint density at radius 2 is 1.81 bits per heavy atom. The molecule has 0 saturated heterocycles. The minimum absolute atomic E-state index is 0.0326. The molecule has 8 heteroatoms. The van der Waals surface area contributed by atoms with Crippen molar-refractivity contribution in [2.45, 2.75) is 46.7 Å². The molecule has 0 fully saturated rings. The summed E-state index contributed by atoms with van der Waals surface area (Å²) in [6.07, 6.45) is 0.694. The monoisotopic (exact) mass is 440 g/mol. The van der Waals surface area contributed by atoms with Crippen LogP contribution in [0.1, 0.15) is 47.4 Å². The Labute approximate surface area is 185 Å². The molecule has 0 unspecified atom stereocenters. The van der Waals surface area contributed by atoms with Gasteiger partial charge in [-0.15, -0.1) is 0 Å². The van der Waals surface area contributed by atoms with Crippen molar-refractivity contribution in [1.82, 2.24) is 19.7 Å². The van der Waals surface area contributed by atoms with Gasteiger partial charge in [0.2, 0.25) is 5.69 Å². The molecule has 162 valence electrons. The lowest BCUT2D eigenvalue weighted by Gasteiger charge is -2.15. The van der Waals surface area contributed by atoms with Crippen molar-refractivity contribution in [2.75, 3.05) is 0 Å². The fraction of sp³-hybridized carbons (Fsp3) is 0.304. The zero-order chi connectivity index (χ0) is 22.7. The van der Waals surface area contributed by atoms with E-state index in [4.69, 9.17) is 11.6 Å². The van der Waals surface area contributed by atoms with E-state index in [-0.39, 0.29) is 18.3 Å². The molecule has 1 aromatic heterocycles. The van der Waals surface area contributed by atoms with Crippen LogP contribution in [0.2, 0.25) is 5.02 Å². The maximum atomic E-state index is 13.3. The molecule has 0 saturated carbocycles. The summed E-state index contributed by atoms with van der Waals surface area (Å²) in [4.78, 5) is 39.2. The Kier molecular flexibility index (Phi) is 6.75. The van der Waals surface area contributed by atoms with E-state index >= 15 is 0 Å². The maximum absolute atomic E-state index is 13.3. The number of aromatic nitrogens is 3. The second kappa shape index (κ2) is 9.31. The van der Waals surface area contributed by atoms with Gasteiger partial charge in [0.15, 0.2) is 0 Å². The fourth-order valence-corrected chi connectivity index (χ4v) is 3.46. The highest BCUT2D eigenvalue weighted by molar-refractivity contribution is 6.30. The number of amides is 1. The summed E-state index contributed by atoms with van der Waals surface area (Å²) in [5.41, 5.74) is 1.31. The third-order valence-electron chi connectivity index (χ3n) is 4.95. The van der Waals surface area contributed by atoms with Crippen molar-refractivity contribution in [1.29, 1.82) is 0 Å². The van der Waals surface area contributed by atoms with E-state index in [0.717, 1.165) is 20.4 Å². The van der Waals surface area contributed by atoms with Gasteiger partial charge >= 0.3 is 5.69 Å². The van der Waals surface area contributed by atoms with E-state index in [1.165, 1.54) is 0 Å². The third-order valence-corrected chi connectivity index (χ3v) is 5.18. The van der Waals surface area contributed by atoms with Crippen molar-refractivity contribution in [2.24, 2.45) is 0 Å². The van der Waals surface area contributed by atoms with Crippen LogP contribution >= 0.6 is 11.6 Å². The van der Waals surface area contributed by atoms with Gasteiger partial charge in [0.1, 0.15) is 0 Å². The first-order valence-electron chi connectivity index (χ1n) is 10.1. The Balaban J connectivity index is 2.23. The Bertz CT molecular complexity index is 1230. The van der Waals surface area contributed by atoms with Gasteiger partial charge in [-0.2, -0.15) is 9.78 Å². The molecule has 1 amide bonds. The zero-order valence-corrected chi connectivity index (χ0v) is 18.7. The highest BCUT2D eigenvalue weighted by atomic mass is 35.5. The van der Waals surface area contributed by atoms with Gasteiger partial charge in [-0.3, -0.25) is 14.2 Å². The minimum Gasteiger partial charge on any atom is -0.348 e. The summed E-state index contributed by atoms with van der Waals surface area (Å²) in [5.74, 6) is -0.614. The molecule has 31 heavy (non-hydrogen) atoms. The summed E-state index contributed by atoms with van der Waals surface area (Å²) in [5, 5.41) is 7.41. The molecule has 0 bridgehead atoms. The van der Waals surface area contributed by atoms with Gasteiger partial charge in [-0.05, 0) is 68.1 Å². The number of carbonyl (C=O) groups excluding carboxylic acids is 1. The molecule has 2 aromatic carbocycles. The molecule has 1 atom stereocenters. The van der Waals surface area contributed by atoms with Gasteiger partial charge in [-0.25, -0.2) is 4.79 Å². The number of hydrogen-bond donors (Lipinski definition) is 1. The summed E-state index contributed by atoms with van der Waals surface area (Å²) in [6, 6.07) is 12.3. The lowest BCUT2D eigenvalue weighted by Crippen LogP contribution is -2.47. The van der Waals surface area contributed by atoms with Crippen LogP contribution in [0.25, 0.3) is 5.69 Å². The third kappa shape index (κ3) is 5.11. The van der Waals surface area contributed by atoms with Crippen LogP contribution in [0, 0.1) is 13.8 Å². The van der Waals surface area contributed by atoms with Crippen LogP contribution in [0.3, 0.4) is 0 Å². The Morgan fingerprint density at radius 3 is 2.42 bits per heavy atom. The van der Waals surface area contributed by atoms with Crippen LogP contribution in [0.4, 0.5) is 0 Å². The van der Waals surface area contributed by atoms with Gasteiger partial charge in [-0.1, -0.05) is 36.7 Å². The van der Waals surface area contributed by atoms with E-state index in [1.54, 1.807) is 36.4 Å². The van der Waals surface area contributed by atoms with Crippen molar-refractivity contribution in [3.05, 3.63) is 90.7 Å². The smallest absolute Gasteiger partial charge is 0.348 e. The summed E-state index contributed by atoms with van der Waals surface area (Å²) < 4.78 is 2.12. The predicted molar refractivity (Wildman–Crippen MR) is 121 cm³/mol. The van der Waals surface area contributed by atoms with Crippen molar-refractivity contribution in [3.8, 4) is 5.69 Å². The topological polar surface area (TPSA) is 86.0 Å². The van der Waals surface area contributed by atoms with Gasteiger partial charge in [0.25, 0.3) is 11.5 Å². The molecule has 0 aliphatic carbocycles. The number of nitrogens with zero attached hydrogens (tertiary/aromatic N) is 3. The highest BCUT2D eigenvalue weighted by Gasteiger charge is 2.21. The highest BCUT2D eigenvalue weighted by Crippen LogP contribution is 2.13. The van der Waals surface area contributed by atoms with E-state index in [2.05, 4.69) is 10.4 Å². The van der Waals surface area contributed by atoms with E-state index in [1.807, 2.05) is 33.8 Å². The van der Waals surface area contributed by atoms with Crippen LogP contribution in [-0.2, 0) is 6.54 Å². The molecule has 3 rings (SSSR count). The maximum Gasteiger partial charge on any atom is 0.352 e. The first kappa shape index (κ1) is 22.5. The first-order chi connectivity index (χ1) is 14.7. The molecule has 1 N–H and O–H groups in total. The minimum atomic E-state index is -0.744. The molecule has 0 spiro atoms. The molecule has 1 heterocycles. The van der Waals surface area contributed by atoms with Crippen molar-refractivity contribution in [3.63, 3.8) is 0 Å². The van der Waals surface area contributed by atoms with Crippen molar-refractivity contribution < 1.29 is 4.79 Å². The number of halogens is 1. The molecular formula is C23H25ClN4O3. The number of aryl methyl sites for hydroxylation is 2. The lowest BCUT2D eigenvalue weighted by atomic mass is 10.1. The standard InChI is InChI=1S/C23H25ClN4O3/c1-5-16(4)25-21(29)20-22(30)27(13-17-7-6-8-18(24)12-17)23(31)28(26-20)19-10-14(2)9-15(3)11-19/h6-12,16H,5,13H2,1-4H3,(H,25,29)/t16-/m0/s1. The van der Waals surface area contributed by atoms with Gasteiger partial charge in [0.05, 0.1) is 12.2 Å². The molecule has 3 aromatic rings. The van der Waals surface area contributed by atoms with Crippen LogP contribution in [-0.4, -0.2) is 26.3 Å². The normalized spacial score (nSPS) is 11.9. The summed E-state index contributed by atoms with van der Waals surface area (Å²) in [7, 11) is 0. The van der Waals surface area contributed by atoms with Crippen LogP contribution in [0.15, 0.2) is 52.1 Å². The second-order valence-corrected chi connectivity index (χ2v) is 8.13. The number of hydrogen-bond acceptors (Lipinski definition) is 4. The molecular weight excluding hydrogens is 416 g/mol. The van der Waals surface area contributed by atoms with Crippen molar-refractivity contribution >= 4 is 17.5 Å². The average molecular weight is 441 g/mol. The number of rotatable bonds is 6. The van der Waals surface area contributed by atoms with E-state index < -0.39 is 17.2 Å². The van der Waals surface area contributed by atoms with E-state index in [0.29, 0.717) is 22.7 Å². The van der Waals surface area contributed by atoms with Crippen LogP contribution in [0.5, 0.6) is 0 Å². The molecule has 0 aliphatic heterocycles. The quantitative estimate of drug-likeness (QED) is 0.637. The number of benzene rings is 2. The van der Waals surface area contributed by atoms with Gasteiger partial charge in [0, 0.05) is 11.1 Å². The fourth-order valence-electron chi connectivity index (χ4n) is 3.25. The largest absolute Gasteiger partial charge is 0.352 e. The second-order valence-electron chi connectivity index (χ2n) is 7.69. The Morgan fingerprint density at radius 1 is 1.13 bits per heavy atom. The lowest BCUT2D eigenvalue weighted by molar-refractivity contribution is 0.0929. The Hall–Kier alpha value is -3.19. The van der Waals surface area contributed by atoms with E-state index in [9.17, 15) is 14.4 Å². The molecule has 0 radical (unpaired) electrons. The SMILES string of the molecule is CC[C@H](C)NC(=O)c1nn(-c2cc(C)cc(C)c2)c(=O)n(Cc2cccc(Cl)c2)c1=O. The first-order valence-corrected chi connectivity index (χ1v) is 10.5. The number of nitrogens with one attached hydrogen (secondary N) is 1. The van der Waals surface area contributed by atoms with Gasteiger partial charge < -0.3 is 5.32 Å². The average Bonchev–Trinajstić information content (AvgIpc) is 2.70. The molecule has 7 nitrogen and oxygen atoms in total. The summed E-state index contributed by atoms with van der Waals surface area (Å²) >= 11 is 6.06. The zero-order valence-electron chi connectivity index (χ0n) is 18.0. The predicted octanol–water partition coefficient (Wildman–Crippen LogP) is 3.24.